The molecule has 1 atom stereocenters. The Bertz CT molecular complexity index is 722. The molecule has 0 spiro atoms. The van der Waals surface area contributed by atoms with Gasteiger partial charge in [-0.25, -0.2) is 4.98 Å². The quantitative estimate of drug-likeness (QED) is 0.849. The summed E-state index contributed by atoms with van der Waals surface area (Å²) < 4.78 is 0. The van der Waals surface area contributed by atoms with Gasteiger partial charge in [0.15, 0.2) is 0 Å². The van der Waals surface area contributed by atoms with Gasteiger partial charge in [0, 0.05) is 39.3 Å². The van der Waals surface area contributed by atoms with Crippen LogP contribution in [-0.2, 0) is 4.79 Å². The molecule has 6 heteroatoms. The SMILES string of the molecule is CCN(CC)C(=O)C(c1ccccc1)N1CCN(c2ccc(N)cn2)CC1. The van der Waals surface area contributed by atoms with Gasteiger partial charge < -0.3 is 15.5 Å². The first kappa shape index (κ1) is 19.2. The van der Waals surface area contributed by atoms with Crippen LogP contribution in [0.5, 0.6) is 0 Å². The number of amides is 1. The van der Waals surface area contributed by atoms with Gasteiger partial charge >= 0.3 is 0 Å². The number of aromatic nitrogens is 1. The fourth-order valence-corrected chi connectivity index (χ4v) is 3.65. The highest BCUT2D eigenvalue weighted by Crippen LogP contribution is 2.26. The predicted octanol–water partition coefficient (Wildman–Crippen LogP) is 2.40. The molecule has 3 rings (SSSR count). The zero-order chi connectivity index (χ0) is 19.2. The highest BCUT2D eigenvalue weighted by molar-refractivity contribution is 5.83. The van der Waals surface area contributed by atoms with Crippen LogP contribution in [-0.4, -0.2) is 60.0 Å². The average molecular weight is 367 g/mol. The molecule has 1 aliphatic rings. The van der Waals surface area contributed by atoms with Crippen molar-refractivity contribution < 1.29 is 4.79 Å². The summed E-state index contributed by atoms with van der Waals surface area (Å²) in [4.78, 5) is 24.1. The maximum absolute atomic E-state index is 13.2. The molecule has 1 unspecified atom stereocenters. The third-order valence-corrected chi connectivity index (χ3v) is 5.20. The smallest absolute Gasteiger partial charge is 0.244 e. The second kappa shape index (κ2) is 8.86. The molecule has 2 heterocycles. The molecule has 1 aliphatic heterocycles. The Hall–Kier alpha value is -2.60. The Morgan fingerprint density at radius 2 is 1.74 bits per heavy atom. The van der Waals surface area contributed by atoms with Crippen LogP contribution in [0.15, 0.2) is 48.7 Å². The fourth-order valence-electron chi connectivity index (χ4n) is 3.65. The Kier molecular flexibility index (Phi) is 6.29. The number of hydrogen-bond donors (Lipinski definition) is 1. The number of carbonyl (C=O) groups is 1. The largest absolute Gasteiger partial charge is 0.397 e. The van der Waals surface area contributed by atoms with E-state index >= 15 is 0 Å². The van der Waals surface area contributed by atoms with E-state index < -0.39 is 0 Å². The lowest BCUT2D eigenvalue weighted by Crippen LogP contribution is -2.51. The molecular formula is C21H29N5O. The van der Waals surface area contributed by atoms with Crippen LogP contribution in [0, 0.1) is 0 Å². The van der Waals surface area contributed by atoms with Crippen LogP contribution < -0.4 is 10.6 Å². The summed E-state index contributed by atoms with van der Waals surface area (Å²) in [7, 11) is 0. The van der Waals surface area contributed by atoms with Gasteiger partial charge in [-0.3, -0.25) is 9.69 Å². The molecule has 1 amide bonds. The molecule has 27 heavy (non-hydrogen) atoms. The first-order chi connectivity index (χ1) is 13.1. The Morgan fingerprint density at radius 3 is 2.30 bits per heavy atom. The molecule has 0 aliphatic carbocycles. The Balaban J connectivity index is 1.76. The normalized spacial score (nSPS) is 16.1. The molecule has 1 saturated heterocycles. The third-order valence-electron chi connectivity index (χ3n) is 5.20. The van der Waals surface area contributed by atoms with E-state index in [4.69, 9.17) is 5.73 Å². The fraction of sp³-hybridized carbons (Fsp3) is 0.429. The van der Waals surface area contributed by atoms with Crippen LogP contribution >= 0.6 is 0 Å². The summed E-state index contributed by atoms with van der Waals surface area (Å²) in [6.07, 6.45) is 1.69. The van der Waals surface area contributed by atoms with Crippen molar-refractivity contribution in [3.8, 4) is 0 Å². The van der Waals surface area contributed by atoms with Gasteiger partial charge in [0.25, 0.3) is 0 Å². The molecule has 1 aromatic heterocycles. The number of pyridine rings is 1. The number of rotatable bonds is 6. The minimum atomic E-state index is -0.229. The van der Waals surface area contributed by atoms with Crippen LogP contribution in [0.3, 0.4) is 0 Å². The molecular weight excluding hydrogens is 338 g/mol. The van der Waals surface area contributed by atoms with Crippen LogP contribution in [0.4, 0.5) is 11.5 Å². The summed E-state index contributed by atoms with van der Waals surface area (Å²) in [6, 6.07) is 13.7. The van der Waals surface area contributed by atoms with E-state index in [1.54, 1.807) is 6.20 Å². The first-order valence-corrected chi connectivity index (χ1v) is 9.68. The maximum atomic E-state index is 13.2. The summed E-state index contributed by atoms with van der Waals surface area (Å²) >= 11 is 0. The monoisotopic (exact) mass is 367 g/mol. The van der Waals surface area contributed by atoms with E-state index in [0.29, 0.717) is 5.69 Å². The second-order valence-corrected chi connectivity index (χ2v) is 6.80. The first-order valence-electron chi connectivity index (χ1n) is 9.68. The van der Waals surface area contributed by atoms with Crippen molar-refractivity contribution >= 4 is 17.4 Å². The zero-order valence-corrected chi connectivity index (χ0v) is 16.2. The summed E-state index contributed by atoms with van der Waals surface area (Å²) in [5.41, 5.74) is 7.47. The van der Waals surface area contributed by atoms with Gasteiger partial charge in [0.1, 0.15) is 11.9 Å². The molecule has 2 aromatic rings. The van der Waals surface area contributed by atoms with Crippen molar-refractivity contribution in [2.75, 3.05) is 49.9 Å². The van der Waals surface area contributed by atoms with E-state index in [9.17, 15) is 4.79 Å². The standard InChI is InChI=1S/C21H29N5O/c1-3-24(4-2)21(27)20(17-8-6-5-7-9-17)26-14-12-25(13-15-26)19-11-10-18(22)16-23-19/h5-11,16,20H,3-4,12-15,22H2,1-2H3. The van der Waals surface area contributed by atoms with Crippen molar-refractivity contribution in [3.63, 3.8) is 0 Å². The lowest BCUT2D eigenvalue weighted by atomic mass is 10.0. The molecule has 1 aromatic carbocycles. The van der Waals surface area contributed by atoms with Gasteiger partial charge in [-0.1, -0.05) is 30.3 Å². The van der Waals surface area contributed by atoms with Gasteiger partial charge in [0.2, 0.25) is 5.91 Å². The topological polar surface area (TPSA) is 65.7 Å². The molecule has 0 bridgehead atoms. The third kappa shape index (κ3) is 4.39. The van der Waals surface area contributed by atoms with Crippen molar-refractivity contribution in [2.24, 2.45) is 0 Å². The van der Waals surface area contributed by atoms with Crippen LogP contribution in [0.1, 0.15) is 25.5 Å². The lowest BCUT2D eigenvalue weighted by Gasteiger charge is -2.40. The molecule has 0 saturated carbocycles. The van der Waals surface area contributed by atoms with Gasteiger partial charge in [-0.15, -0.1) is 0 Å². The predicted molar refractivity (Wildman–Crippen MR) is 110 cm³/mol. The number of hydrogen-bond acceptors (Lipinski definition) is 5. The number of piperazine rings is 1. The van der Waals surface area contributed by atoms with Crippen LogP contribution in [0.25, 0.3) is 0 Å². The van der Waals surface area contributed by atoms with Crippen molar-refractivity contribution in [3.05, 3.63) is 54.2 Å². The highest BCUT2D eigenvalue weighted by atomic mass is 16.2. The zero-order valence-electron chi connectivity index (χ0n) is 16.2. The van der Waals surface area contributed by atoms with Gasteiger partial charge in [-0.2, -0.15) is 0 Å². The average Bonchev–Trinajstić information content (AvgIpc) is 2.71. The Labute approximate surface area is 161 Å². The maximum Gasteiger partial charge on any atom is 0.244 e. The molecule has 1 fully saturated rings. The number of nitrogens with two attached hydrogens (primary N) is 1. The van der Waals surface area contributed by atoms with Gasteiger partial charge in [0.05, 0.1) is 11.9 Å². The van der Waals surface area contributed by atoms with Gasteiger partial charge in [-0.05, 0) is 31.5 Å². The molecule has 2 N–H and O–H groups in total. The van der Waals surface area contributed by atoms with Crippen molar-refractivity contribution in [1.29, 1.82) is 0 Å². The van der Waals surface area contributed by atoms with E-state index in [0.717, 1.165) is 50.6 Å². The Morgan fingerprint density at radius 1 is 1.07 bits per heavy atom. The second-order valence-electron chi connectivity index (χ2n) is 6.80. The molecule has 6 nitrogen and oxygen atoms in total. The van der Waals surface area contributed by atoms with E-state index in [1.165, 1.54) is 0 Å². The number of nitrogen functional groups attached to an aromatic ring is 1. The van der Waals surface area contributed by atoms with Crippen LogP contribution in [0.2, 0.25) is 0 Å². The molecule has 144 valence electrons. The van der Waals surface area contributed by atoms with E-state index in [-0.39, 0.29) is 11.9 Å². The highest BCUT2D eigenvalue weighted by Gasteiger charge is 2.32. The lowest BCUT2D eigenvalue weighted by molar-refractivity contribution is -0.137. The summed E-state index contributed by atoms with van der Waals surface area (Å²) in [6.45, 7) is 8.85. The van der Waals surface area contributed by atoms with E-state index in [1.807, 2.05) is 49.1 Å². The number of anilines is 2. The summed E-state index contributed by atoms with van der Waals surface area (Å²) in [5, 5.41) is 0. The number of benzene rings is 1. The number of nitrogens with zero attached hydrogens (tertiary/aromatic N) is 4. The van der Waals surface area contributed by atoms with E-state index in [2.05, 4.69) is 26.9 Å². The van der Waals surface area contributed by atoms with Crippen molar-refractivity contribution in [2.45, 2.75) is 19.9 Å². The minimum absolute atomic E-state index is 0.185. The summed E-state index contributed by atoms with van der Waals surface area (Å²) in [5.74, 6) is 1.13. The minimum Gasteiger partial charge on any atom is -0.397 e. The number of likely N-dealkylation sites (N-methyl/N-ethyl adjacent to an activating group) is 1. The number of carbonyl (C=O) groups excluding carboxylic acids is 1. The van der Waals surface area contributed by atoms with Crippen molar-refractivity contribution in [1.82, 2.24) is 14.8 Å². The molecule has 0 radical (unpaired) electrons.